The van der Waals surface area contributed by atoms with Gasteiger partial charge < -0.3 is 9.84 Å². The van der Waals surface area contributed by atoms with Crippen LogP contribution in [0.1, 0.15) is 62.0 Å². The summed E-state index contributed by atoms with van der Waals surface area (Å²) < 4.78 is 63.6. The van der Waals surface area contributed by atoms with Crippen molar-refractivity contribution in [3.05, 3.63) is 70.8 Å². The van der Waals surface area contributed by atoms with Crippen LogP contribution < -0.4 is 0 Å². The van der Waals surface area contributed by atoms with Gasteiger partial charge in [0.15, 0.2) is 0 Å². The number of rotatable bonds is 8. The molecule has 1 fully saturated rings. The third kappa shape index (κ3) is 5.20. The average Bonchev–Trinajstić information content (AvgIpc) is 2.73. The Labute approximate surface area is 189 Å². The highest BCUT2D eigenvalue weighted by Crippen LogP contribution is 2.38. The van der Waals surface area contributed by atoms with Gasteiger partial charge in [-0.15, -0.1) is 0 Å². The third-order valence-electron chi connectivity index (χ3n) is 6.07. The van der Waals surface area contributed by atoms with E-state index in [9.17, 15) is 12.8 Å². The number of hydrogen-bond acceptors (Lipinski definition) is 4. The van der Waals surface area contributed by atoms with Crippen molar-refractivity contribution in [2.24, 2.45) is 0 Å². The minimum atomic E-state index is -3.75. The number of aliphatic hydroxyl groups is 1. The fourth-order valence-corrected chi connectivity index (χ4v) is 6.35. The van der Waals surface area contributed by atoms with Crippen LogP contribution in [0.4, 0.5) is 8.78 Å². The van der Waals surface area contributed by atoms with Gasteiger partial charge in [0.2, 0.25) is 10.0 Å². The van der Waals surface area contributed by atoms with Crippen molar-refractivity contribution >= 4 is 10.0 Å². The van der Waals surface area contributed by atoms with Gasteiger partial charge in [-0.05, 0) is 57.7 Å². The van der Waals surface area contributed by atoms with Crippen molar-refractivity contribution in [2.45, 2.75) is 63.5 Å². The van der Waals surface area contributed by atoms with E-state index in [0.29, 0.717) is 24.8 Å². The summed E-state index contributed by atoms with van der Waals surface area (Å²) in [5, 5.41) is 8.21. The number of benzene rings is 2. The van der Waals surface area contributed by atoms with Crippen LogP contribution in [0.15, 0.2) is 42.5 Å². The first kappa shape index (κ1) is 24.8. The van der Waals surface area contributed by atoms with E-state index in [0.717, 1.165) is 12.1 Å². The molecule has 2 aromatic rings. The summed E-state index contributed by atoms with van der Waals surface area (Å²) in [5.41, 5.74) is -0.357. The predicted octanol–water partition coefficient (Wildman–Crippen LogP) is 4.65. The maximum absolute atomic E-state index is 15.0. The van der Waals surface area contributed by atoms with Crippen molar-refractivity contribution < 1.29 is 27.0 Å². The van der Waals surface area contributed by atoms with Gasteiger partial charge in [-0.3, -0.25) is 0 Å². The van der Waals surface area contributed by atoms with Gasteiger partial charge in [-0.1, -0.05) is 30.3 Å². The molecule has 2 aromatic carbocycles. The zero-order valence-electron chi connectivity index (χ0n) is 18.7. The first-order valence-electron chi connectivity index (χ1n) is 10.9. The maximum Gasteiger partial charge on any atom is 0.221 e. The summed E-state index contributed by atoms with van der Waals surface area (Å²) in [6.45, 7) is 4.96. The second kappa shape index (κ2) is 9.95. The molecular weight excluding hydrogens is 436 g/mol. The van der Waals surface area contributed by atoms with Crippen molar-refractivity contribution in [1.82, 2.24) is 4.31 Å². The van der Waals surface area contributed by atoms with Gasteiger partial charge >= 0.3 is 0 Å². The molecule has 2 atom stereocenters. The fourth-order valence-electron chi connectivity index (χ4n) is 4.16. The molecule has 0 bridgehead atoms. The van der Waals surface area contributed by atoms with Crippen LogP contribution in [-0.2, 0) is 26.9 Å². The predicted molar refractivity (Wildman–Crippen MR) is 119 cm³/mol. The Bertz CT molecular complexity index is 1030. The quantitative estimate of drug-likeness (QED) is 0.574. The van der Waals surface area contributed by atoms with Crippen LogP contribution in [0, 0.1) is 11.6 Å². The van der Waals surface area contributed by atoms with Crippen LogP contribution in [0.2, 0.25) is 0 Å². The number of halogens is 2. The molecule has 176 valence electrons. The smallest absolute Gasteiger partial charge is 0.221 e. The van der Waals surface area contributed by atoms with Gasteiger partial charge in [0, 0.05) is 36.9 Å². The Morgan fingerprint density at radius 2 is 1.81 bits per heavy atom. The highest BCUT2D eigenvalue weighted by Gasteiger charge is 2.41. The minimum Gasteiger partial charge on any atom is -0.396 e. The summed E-state index contributed by atoms with van der Waals surface area (Å²) in [6, 6.07) is 10.8. The molecular formula is C24H31F2NO4S. The Balaban J connectivity index is 1.88. The Kier molecular flexibility index (Phi) is 7.70. The molecule has 1 aliphatic heterocycles. The molecule has 1 heterocycles. The summed E-state index contributed by atoms with van der Waals surface area (Å²) >= 11 is 0. The van der Waals surface area contributed by atoms with Crippen molar-refractivity contribution in [3.63, 3.8) is 0 Å². The van der Waals surface area contributed by atoms with Gasteiger partial charge in [-0.2, -0.15) is 4.31 Å². The number of nitrogens with zero attached hydrogens (tertiary/aromatic N) is 1. The number of aliphatic hydroxyl groups excluding tert-OH is 1. The monoisotopic (exact) mass is 467 g/mol. The average molecular weight is 468 g/mol. The summed E-state index contributed by atoms with van der Waals surface area (Å²) in [7, 11) is -3.75. The lowest BCUT2D eigenvalue weighted by atomic mass is 9.95. The van der Waals surface area contributed by atoms with Gasteiger partial charge in [-0.25, -0.2) is 17.2 Å². The molecule has 0 unspecified atom stereocenters. The molecule has 0 amide bonds. The van der Waals surface area contributed by atoms with Crippen molar-refractivity contribution in [3.8, 4) is 0 Å². The van der Waals surface area contributed by atoms with Crippen molar-refractivity contribution in [2.75, 3.05) is 13.2 Å². The topological polar surface area (TPSA) is 66.8 Å². The number of hydrogen-bond donors (Lipinski definition) is 1. The Hall–Kier alpha value is -1.87. The highest BCUT2D eigenvalue weighted by molar-refractivity contribution is 7.89. The second-order valence-corrected chi connectivity index (χ2v) is 10.8. The van der Waals surface area contributed by atoms with Gasteiger partial charge in [0.05, 0.1) is 5.60 Å². The molecule has 0 spiro atoms. The third-order valence-corrected chi connectivity index (χ3v) is 8.44. The van der Waals surface area contributed by atoms with Gasteiger partial charge in [0.25, 0.3) is 0 Å². The lowest BCUT2D eigenvalue weighted by Crippen LogP contribution is -2.44. The molecule has 0 radical (unpaired) electrons. The van der Waals surface area contributed by atoms with Crippen LogP contribution in [0.3, 0.4) is 0 Å². The zero-order valence-corrected chi connectivity index (χ0v) is 19.5. The molecule has 1 N–H and O–H groups in total. The summed E-state index contributed by atoms with van der Waals surface area (Å²) in [5.74, 6) is -1.33. The molecule has 3 rings (SSSR count). The SMILES string of the molecule is C[C@H]1CC[C@H](c2ccccc2)S(=O)(=O)N1Cc1cc(F)c(C(C)(C)OCCCO)cc1F. The van der Waals surface area contributed by atoms with Crippen LogP contribution in [0.25, 0.3) is 0 Å². The van der Waals surface area contributed by atoms with E-state index >= 15 is 4.39 Å². The lowest BCUT2D eigenvalue weighted by Gasteiger charge is -2.37. The molecule has 1 aliphatic rings. The van der Waals surface area contributed by atoms with E-state index < -0.39 is 32.5 Å². The Morgan fingerprint density at radius 1 is 1.12 bits per heavy atom. The zero-order chi connectivity index (χ0) is 23.5. The molecule has 0 saturated carbocycles. The largest absolute Gasteiger partial charge is 0.396 e. The molecule has 0 aromatic heterocycles. The molecule has 1 saturated heterocycles. The van der Waals surface area contributed by atoms with Gasteiger partial charge in [0.1, 0.15) is 16.9 Å². The van der Waals surface area contributed by atoms with E-state index in [4.69, 9.17) is 9.84 Å². The van der Waals surface area contributed by atoms with Crippen LogP contribution >= 0.6 is 0 Å². The molecule has 0 aliphatic carbocycles. The summed E-state index contributed by atoms with van der Waals surface area (Å²) in [6.07, 6.45) is 1.50. The standard InChI is InChI=1S/C24H31F2NO4S/c1-17-10-11-23(18-8-5-4-6-9-18)32(29,30)27(17)16-19-14-22(26)20(15-21(19)25)24(2,3)31-13-7-12-28/h4-6,8-9,14-15,17,23,28H,7,10-13,16H2,1-3H3/t17-,23+/m0/s1. The number of sulfonamides is 1. The second-order valence-electron chi connectivity index (χ2n) is 8.78. The fraction of sp³-hybridized carbons (Fsp3) is 0.500. The normalized spacial score (nSPS) is 21.6. The first-order valence-corrected chi connectivity index (χ1v) is 12.4. The van der Waals surface area contributed by atoms with E-state index in [1.165, 1.54) is 4.31 Å². The number of ether oxygens (including phenoxy) is 1. The summed E-state index contributed by atoms with van der Waals surface area (Å²) in [4.78, 5) is 0. The highest BCUT2D eigenvalue weighted by atomic mass is 32.2. The lowest BCUT2D eigenvalue weighted by molar-refractivity contribution is -0.0293. The first-order chi connectivity index (χ1) is 15.1. The van der Waals surface area contributed by atoms with Crippen LogP contribution in [-0.4, -0.2) is 37.1 Å². The van der Waals surface area contributed by atoms with E-state index in [1.807, 2.05) is 6.07 Å². The maximum atomic E-state index is 15.0. The minimum absolute atomic E-state index is 0.0125. The van der Waals surface area contributed by atoms with Crippen molar-refractivity contribution in [1.29, 1.82) is 0 Å². The van der Waals surface area contributed by atoms with E-state index in [-0.39, 0.29) is 36.9 Å². The van der Waals surface area contributed by atoms with E-state index in [2.05, 4.69) is 0 Å². The molecule has 8 heteroatoms. The van der Waals surface area contributed by atoms with E-state index in [1.54, 1.807) is 45.0 Å². The van der Waals surface area contributed by atoms with Crippen LogP contribution in [0.5, 0.6) is 0 Å². The molecule has 5 nitrogen and oxygen atoms in total. The molecule has 32 heavy (non-hydrogen) atoms. The Morgan fingerprint density at radius 3 is 2.47 bits per heavy atom.